The molecule has 1 atom stereocenters. The van der Waals surface area contributed by atoms with Crippen LogP contribution in [0.25, 0.3) is 0 Å². The Kier molecular flexibility index (Phi) is 3.94. The van der Waals surface area contributed by atoms with Crippen LogP contribution in [0.2, 0.25) is 0 Å². The maximum Gasteiger partial charge on any atom is 0.242 e. The predicted octanol–water partition coefficient (Wildman–Crippen LogP) is 3.71. The van der Waals surface area contributed by atoms with Gasteiger partial charge in [-0.15, -0.1) is 0 Å². The van der Waals surface area contributed by atoms with E-state index in [9.17, 15) is 8.42 Å². The average molecular weight is 370 g/mol. The first kappa shape index (κ1) is 14.8. The van der Waals surface area contributed by atoms with Gasteiger partial charge in [-0.3, -0.25) is 0 Å². The Bertz CT molecular complexity index is 767. The number of sulfonamides is 1. The standard InChI is InChI=1S/C15H16BrNO3S/c1-10-5-6-15(12(16)9-10)21(18,19)17-13-3-2-4-14-11(13)7-8-20-14/h5-9,13,17H,2-4H2,1H3. The number of aryl methyl sites for hydroxylation is 2. The van der Waals surface area contributed by atoms with Crippen LogP contribution < -0.4 is 4.72 Å². The lowest BCUT2D eigenvalue weighted by Crippen LogP contribution is -2.30. The molecule has 0 aliphatic heterocycles. The number of halogens is 1. The van der Waals surface area contributed by atoms with Gasteiger partial charge in [-0.05, 0) is 59.5 Å². The molecule has 0 saturated carbocycles. The summed E-state index contributed by atoms with van der Waals surface area (Å²) in [6.45, 7) is 1.92. The molecule has 0 radical (unpaired) electrons. The van der Waals surface area contributed by atoms with Gasteiger partial charge in [-0.25, -0.2) is 13.1 Å². The second-order valence-electron chi connectivity index (χ2n) is 5.30. The summed E-state index contributed by atoms with van der Waals surface area (Å²) in [4.78, 5) is 0.267. The maximum absolute atomic E-state index is 12.6. The zero-order valence-electron chi connectivity index (χ0n) is 11.6. The summed E-state index contributed by atoms with van der Waals surface area (Å²) in [6.07, 6.45) is 4.20. The smallest absolute Gasteiger partial charge is 0.242 e. The second kappa shape index (κ2) is 5.59. The van der Waals surface area contributed by atoms with Crippen LogP contribution in [-0.4, -0.2) is 8.42 Å². The van der Waals surface area contributed by atoms with Gasteiger partial charge >= 0.3 is 0 Å². The molecule has 1 aromatic carbocycles. The third-order valence-corrected chi connectivity index (χ3v) is 6.17. The maximum atomic E-state index is 12.6. The zero-order valence-corrected chi connectivity index (χ0v) is 14.0. The van der Waals surface area contributed by atoms with Crippen molar-refractivity contribution < 1.29 is 12.8 Å². The van der Waals surface area contributed by atoms with Gasteiger partial charge in [0.25, 0.3) is 0 Å². The lowest BCUT2D eigenvalue weighted by Gasteiger charge is -2.23. The molecule has 1 unspecified atom stereocenters. The predicted molar refractivity (Wildman–Crippen MR) is 83.6 cm³/mol. The summed E-state index contributed by atoms with van der Waals surface area (Å²) in [6, 6.07) is 6.86. The van der Waals surface area contributed by atoms with Crippen LogP contribution in [0, 0.1) is 6.92 Å². The highest BCUT2D eigenvalue weighted by Crippen LogP contribution is 2.32. The molecule has 0 saturated heterocycles. The van der Waals surface area contributed by atoms with E-state index in [1.807, 2.05) is 13.0 Å². The van der Waals surface area contributed by atoms with E-state index in [-0.39, 0.29) is 10.9 Å². The van der Waals surface area contributed by atoms with Gasteiger partial charge in [-0.2, -0.15) is 0 Å². The average Bonchev–Trinajstić information content (AvgIpc) is 2.87. The van der Waals surface area contributed by atoms with E-state index in [0.717, 1.165) is 36.1 Å². The van der Waals surface area contributed by atoms with Gasteiger partial charge in [-0.1, -0.05) is 6.07 Å². The molecule has 1 aliphatic rings. The Balaban J connectivity index is 1.91. The number of furan rings is 1. The van der Waals surface area contributed by atoms with Crippen LogP contribution in [-0.2, 0) is 16.4 Å². The monoisotopic (exact) mass is 369 g/mol. The van der Waals surface area contributed by atoms with Crippen molar-refractivity contribution >= 4 is 26.0 Å². The van der Waals surface area contributed by atoms with Gasteiger partial charge in [0.2, 0.25) is 10.0 Å². The number of rotatable bonds is 3. The summed E-state index contributed by atoms with van der Waals surface area (Å²) in [5.74, 6) is 0.886. The van der Waals surface area contributed by atoms with Gasteiger partial charge < -0.3 is 4.42 Å². The molecule has 1 aromatic heterocycles. The summed E-state index contributed by atoms with van der Waals surface area (Å²) in [5.41, 5.74) is 1.96. The van der Waals surface area contributed by atoms with Crippen LogP contribution in [0.3, 0.4) is 0 Å². The van der Waals surface area contributed by atoms with Crippen LogP contribution in [0.5, 0.6) is 0 Å². The molecular weight excluding hydrogens is 354 g/mol. The fraction of sp³-hybridized carbons (Fsp3) is 0.333. The molecule has 3 rings (SSSR count). The molecule has 112 valence electrons. The number of hydrogen-bond donors (Lipinski definition) is 1. The van der Waals surface area contributed by atoms with Crippen molar-refractivity contribution in [3.8, 4) is 0 Å². The molecule has 6 heteroatoms. The first-order valence-corrected chi connectivity index (χ1v) is 9.10. The Hall–Kier alpha value is -1.11. The van der Waals surface area contributed by atoms with E-state index >= 15 is 0 Å². The van der Waals surface area contributed by atoms with Crippen molar-refractivity contribution in [3.05, 3.63) is 51.9 Å². The molecule has 0 fully saturated rings. The van der Waals surface area contributed by atoms with Gasteiger partial charge in [0.15, 0.2) is 0 Å². The lowest BCUT2D eigenvalue weighted by molar-refractivity contribution is 0.438. The molecule has 21 heavy (non-hydrogen) atoms. The topological polar surface area (TPSA) is 59.3 Å². The summed E-state index contributed by atoms with van der Waals surface area (Å²) in [5, 5.41) is 0. The van der Waals surface area contributed by atoms with Gasteiger partial charge in [0, 0.05) is 16.5 Å². The normalized spacial score (nSPS) is 18.5. The quantitative estimate of drug-likeness (QED) is 0.896. The highest BCUT2D eigenvalue weighted by Gasteiger charge is 2.28. The first-order chi connectivity index (χ1) is 9.97. The zero-order chi connectivity index (χ0) is 15.0. The van der Waals surface area contributed by atoms with E-state index in [4.69, 9.17) is 4.42 Å². The van der Waals surface area contributed by atoms with E-state index in [1.54, 1.807) is 24.5 Å². The number of nitrogens with one attached hydrogen (secondary N) is 1. The lowest BCUT2D eigenvalue weighted by atomic mass is 9.94. The van der Waals surface area contributed by atoms with Crippen molar-refractivity contribution in [2.75, 3.05) is 0 Å². The summed E-state index contributed by atoms with van der Waals surface area (Å²) in [7, 11) is -3.57. The molecule has 4 nitrogen and oxygen atoms in total. The Morgan fingerprint density at radius 3 is 2.90 bits per heavy atom. The van der Waals surface area contributed by atoms with E-state index in [2.05, 4.69) is 20.7 Å². The van der Waals surface area contributed by atoms with Crippen molar-refractivity contribution in [2.24, 2.45) is 0 Å². The Morgan fingerprint density at radius 1 is 1.33 bits per heavy atom. The number of benzene rings is 1. The van der Waals surface area contributed by atoms with Gasteiger partial charge in [0.05, 0.1) is 17.2 Å². The molecule has 2 aromatic rings. The molecular formula is C15H16BrNO3S. The SMILES string of the molecule is Cc1ccc(S(=O)(=O)NC2CCCc3occc32)c(Br)c1. The number of fused-ring (bicyclic) bond motifs is 1. The highest BCUT2D eigenvalue weighted by atomic mass is 79.9. The molecule has 1 heterocycles. The van der Waals surface area contributed by atoms with Crippen LogP contribution >= 0.6 is 15.9 Å². The van der Waals surface area contributed by atoms with Crippen LogP contribution in [0.4, 0.5) is 0 Å². The molecule has 0 spiro atoms. The summed E-state index contributed by atoms with van der Waals surface area (Å²) >= 11 is 3.33. The molecule has 1 N–H and O–H groups in total. The first-order valence-electron chi connectivity index (χ1n) is 6.82. The van der Waals surface area contributed by atoms with Crippen molar-refractivity contribution in [1.29, 1.82) is 0 Å². The minimum Gasteiger partial charge on any atom is -0.469 e. The summed E-state index contributed by atoms with van der Waals surface area (Å²) < 4.78 is 34.0. The minimum absolute atomic E-state index is 0.217. The van der Waals surface area contributed by atoms with Crippen LogP contribution in [0.15, 0.2) is 44.3 Å². The van der Waals surface area contributed by atoms with E-state index < -0.39 is 10.0 Å². The largest absolute Gasteiger partial charge is 0.469 e. The third kappa shape index (κ3) is 2.93. The Morgan fingerprint density at radius 2 is 2.14 bits per heavy atom. The third-order valence-electron chi connectivity index (χ3n) is 3.73. The van der Waals surface area contributed by atoms with Gasteiger partial charge in [0.1, 0.15) is 5.76 Å². The Labute approximate surface area is 132 Å². The van der Waals surface area contributed by atoms with Crippen LogP contribution in [0.1, 0.15) is 35.8 Å². The molecule has 0 amide bonds. The molecule has 1 aliphatic carbocycles. The second-order valence-corrected chi connectivity index (χ2v) is 7.84. The van der Waals surface area contributed by atoms with E-state index in [1.165, 1.54) is 0 Å². The van der Waals surface area contributed by atoms with E-state index in [0.29, 0.717) is 4.47 Å². The fourth-order valence-corrected chi connectivity index (χ4v) is 5.13. The van der Waals surface area contributed by atoms with Crippen molar-refractivity contribution in [3.63, 3.8) is 0 Å². The fourth-order valence-electron chi connectivity index (χ4n) is 2.68. The number of hydrogen-bond acceptors (Lipinski definition) is 3. The van der Waals surface area contributed by atoms with Crippen molar-refractivity contribution in [2.45, 2.75) is 37.1 Å². The minimum atomic E-state index is -3.57. The molecule has 0 bridgehead atoms. The van der Waals surface area contributed by atoms with Crippen molar-refractivity contribution in [1.82, 2.24) is 4.72 Å². The highest BCUT2D eigenvalue weighted by molar-refractivity contribution is 9.10.